The van der Waals surface area contributed by atoms with Crippen molar-refractivity contribution in [3.05, 3.63) is 29.8 Å². The minimum Gasteiger partial charge on any atom is -0.508 e. The van der Waals surface area contributed by atoms with E-state index in [0.717, 1.165) is 0 Å². The zero-order valence-corrected chi connectivity index (χ0v) is 21.1. The Morgan fingerprint density at radius 1 is 0.846 bits per heavy atom. The van der Waals surface area contributed by atoms with Gasteiger partial charge in [0.1, 0.15) is 23.9 Å². The number of carboxylic acids is 2. The molecule has 0 aliphatic rings. The van der Waals surface area contributed by atoms with E-state index < -0.39 is 73.3 Å². The van der Waals surface area contributed by atoms with Gasteiger partial charge in [-0.3, -0.25) is 24.2 Å². The lowest BCUT2D eigenvalue weighted by Gasteiger charge is -2.24. The maximum absolute atomic E-state index is 12.8. The monoisotopic (exact) mass is 553 g/mol. The fourth-order valence-electron chi connectivity index (χ4n) is 3.29. The Morgan fingerprint density at radius 3 is 1.95 bits per heavy atom. The lowest BCUT2D eigenvalue weighted by Crippen LogP contribution is -2.58. The van der Waals surface area contributed by atoms with Crippen molar-refractivity contribution >= 4 is 35.6 Å². The van der Waals surface area contributed by atoms with Crippen LogP contribution >= 0.6 is 0 Å². The fraction of sp³-hybridized carbons (Fsp3) is 0.478. The Kier molecular flexibility index (Phi) is 13.7. The first-order valence-corrected chi connectivity index (χ1v) is 11.9. The number of aliphatic hydroxyl groups excluding tert-OH is 1. The Bertz CT molecular complexity index is 1030. The topological polar surface area (TPSA) is 293 Å². The lowest BCUT2D eigenvalue weighted by atomic mass is 10.1. The number of aliphatic imine (C=N–C) groups is 1. The molecule has 0 aromatic heterocycles. The summed E-state index contributed by atoms with van der Waals surface area (Å²) < 4.78 is 0. The molecule has 1 aromatic rings. The van der Waals surface area contributed by atoms with Gasteiger partial charge in [0.2, 0.25) is 17.7 Å². The van der Waals surface area contributed by atoms with Crippen molar-refractivity contribution in [2.45, 2.75) is 56.3 Å². The minimum absolute atomic E-state index is 0.0240. The van der Waals surface area contributed by atoms with Gasteiger partial charge in [0, 0.05) is 13.0 Å². The van der Waals surface area contributed by atoms with Gasteiger partial charge in [-0.15, -0.1) is 0 Å². The number of nitrogens with zero attached hydrogens (tertiary/aromatic N) is 1. The number of phenols is 1. The van der Waals surface area contributed by atoms with Gasteiger partial charge in [-0.25, -0.2) is 4.79 Å². The van der Waals surface area contributed by atoms with E-state index in [9.17, 15) is 39.3 Å². The number of carbonyl (C=O) groups excluding carboxylic acids is 3. The predicted octanol–water partition coefficient (Wildman–Crippen LogP) is -3.29. The molecule has 0 bridgehead atoms. The van der Waals surface area contributed by atoms with E-state index in [1.54, 1.807) is 12.1 Å². The average molecular weight is 554 g/mol. The number of benzene rings is 1. The largest absolute Gasteiger partial charge is 0.508 e. The Morgan fingerprint density at radius 2 is 1.41 bits per heavy atom. The van der Waals surface area contributed by atoms with Crippen LogP contribution in [0.4, 0.5) is 0 Å². The van der Waals surface area contributed by atoms with Crippen molar-refractivity contribution in [2.24, 2.45) is 22.2 Å². The predicted molar refractivity (Wildman–Crippen MR) is 137 cm³/mol. The van der Waals surface area contributed by atoms with Crippen LogP contribution in [0.1, 0.15) is 31.2 Å². The van der Waals surface area contributed by atoms with Crippen LogP contribution in [0.2, 0.25) is 0 Å². The molecule has 0 saturated heterocycles. The van der Waals surface area contributed by atoms with Crippen LogP contribution < -0.4 is 33.2 Å². The van der Waals surface area contributed by atoms with Gasteiger partial charge in [0.25, 0.3) is 0 Å². The van der Waals surface area contributed by atoms with Crippen LogP contribution in [0.15, 0.2) is 29.3 Å². The Labute approximate surface area is 223 Å². The highest BCUT2D eigenvalue weighted by Crippen LogP contribution is 2.11. The van der Waals surface area contributed by atoms with Gasteiger partial charge in [0.05, 0.1) is 12.6 Å². The molecule has 1 rings (SSSR count). The maximum Gasteiger partial charge on any atom is 0.326 e. The summed E-state index contributed by atoms with van der Waals surface area (Å²) >= 11 is 0. The molecule has 216 valence electrons. The molecule has 3 amide bonds. The van der Waals surface area contributed by atoms with Crippen molar-refractivity contribution in [2.75, 3.05) is 13.2 Å². The quantitative estimate of drug-likeness (QED) is 0.0516. The van der Waals surface area contributed by atoms with Gasteiger partial charge in [0.15, 0.2) is 5.96 Å². The molecule has 4 unspecified atom stereocenters. The second-order valence-corrected chi connectivity index (χ2v) is 8.56. The molecule has 16 heteroatoms. The third-order valence-corrected chi connectivity index (χ3v) is 5.38. The number of rotatable bonds is 17. The molecule has 13 N–H and O–H groups in total. The van der Waals surface area contributed by atoms with Gasteiger partial charge in [-0.05, 0) is 43.4 Å². The van der Waals surface area contributed by atoms with Crippen LogP contribution in [0.3, 0.4) is 0 Å². The summed E-state index contributed by atoms with van der Waals surface area (Å²) in [7, 11) is 0. The first-order chi connectivity index (χ1) is 18.3. The number of nitrogens with one attached hydrogen (secondary N) is 3. The SMILES string of the molecule is NC(N)=NCCCC(NC(=O)C(CCC(=O)O)NC(=O)C(CO)NC(=O)C(N)Cc1ccc(O)cc1)C(=O)O. The first-order valence-electron chi connectivity index (χ1n) is 11.9. The van der Waals surface area contributed by atoms with Crippen molar-refractivity contribution in [1.82, 2.24) is 16.0 Å². The molecule has 0 heterocycles. The first kappa shape index (κ1) is 32.6. The second-order valence-electron chi connectivity index (χ2n) is 8.56. The second kappa shape index (κ2) is 16.4. The van der Waals surface area contributed by atoms with Gasteiger partial charge >= 0.3 is 11.9 Å². The number of aliphatic carboxylic acids is 2. The van der Waals surface area contributed by atoms with Gasteiger partial charge in [-0.2, -0.15) is 0 Å². The van der Waals surface area contributed by atoms with E-state index in [1.165, 1.54) is 12.1 Å². The summed E-state index contributed by atoms with van der Waals surface area (Å²) in [5, 5.41) is 44.2. The molecule has 0 spiro atoms. The highest BCUT2D eigenvalue weighted by Gasteiger charge is 2.30. The van der Waals surface area contributed by atoms with Crippen molar-refractivity contribution in [1.29, 1.82) is 0 Å². The van der Waals surface area contributed by atoms with E-state index in [0.29, 0.717) is 5.56 Å². The zero-order valence-electron chi connectivity index (χ0n) is 21.1. The molecule has 0 aliphatic heterocycles. The van der Waals surface area contributed by atoms with Crippen LogP contribution in [-0.2, 0) is 30.4 Å². The van der Waals surface area contributed by atoms with E-state index in [-0.39, 0.29) is 37.5 Å². The third-order valence-electron chi connectivity index (χ3n) is 5.38. The summed E-state index contributed by atoms with van der Waals surface area (Å²) in [5.74, 6) is -5.61. The highest BCUT2D eigenvalue weighted by atomic mass is 16.4. The summed E-state index contributed by atoms with van der Waals surface area (Å²) in [6.45, 7) is -0.771. The van der Waals surface area contributed by atoms with E-state index in [4.69, 9.17) is 22.3 Å². The fourth-order valence-corrected chi connectivity index (χ4v) is 3.29. The van der Waals surface area contributed by atoms with Gasteiger partial charge < -0.3 is 53.6 Å². The standard InChI is InChI=1S/C23H35N7O9/c24-14(10-12-3-5-13(32)6-4-12)19(35)30-17(11-31)21(37)28-15(7-8-18(33)34)20(36)29-16(22(38)39)2-1-9-27-23(25)26/h3-6,14-17,31-32H,1-2,7-11,24H2,(H,28,37)(H,29,36)(H,30,35)(H,33,34)(H,38,39)(H4,25,26,27). The number of guanidine groups is 1. The molecule has 0 radical (unpaired) electrons. The number of phenolic OH excluding ortho intramolecular Hbond substituents is 1. The van der Waals surface area contributed by atoms with Crippen molar-refractivity contribution in [3.63, 3.8) is 0 Å². The molecule has 39 heavy (non-hydrogen) atoms. The van der Waals surface area contributed by atoms with E-state index in [2.05, 4.69) is 20.9 Å². The molecule has 16 nitrogen and oxygen atoms in total. The number of hydrogen-bond acceptors (Lipinski definition) is 9. The molecule has 4 atom stereocenters. The zero-order chi connectivity index (χ0) is 29.5. The molecule has 1 aromatic carbocycles. The number of carboxylic acid groups (broad SMARTS) is 2. The van der Waals surface area contributed by atoms with Crippen LogP contribution in [0.25, 0.3) is 0 Å². The number of nitrogens with two attached hydrogens (primary N) is 3. The lowest BCUT2D eigenvalue weighted by molar-refractivity contribution is -0.143. The molecule has 0 fully saturated rings. The number of hydrogen-bond donors (Lipinski definition) is 10. The molecular weight excluding hydrogens is 518 g/mol. The van der Waals surface area contributed by atoms with Crippen molar-refractivity contribution in [3.8, 4) is 5.75 Å². The smallest absolute Gasteiger partial charge is 0.326 e. The number of aliphatic hydroxyl groups is 1. The molecule has 0 aliphatic carbocycles. The minimum atomic E-state index is -1.54. The summed E-state index contributed by atoms with van der Waals surface area (Å²) in [4.78, 5) is 64.4. The average Bonchev–Trinajstić information content (AvgIpc) is 2.87. The highest BCUT2D eigenvalue weighted by molar-refractivity contribution is 5.94. The number of amides is 3. The summed E-state index contributed by atoms with van der Waals surface area (Å²) in [5.41, 5.74) is 16.9. The number of aromatic hydroxyl groups is 1. The van der Waals surface area contributed by atoms with Crippen LogP contribution in [0, 0.1) is 0 Å². The Balaban J connectivity index is 2.86. The normalized spacial score (nSPS) is 13.7. The Hall–Kier alpha value is -4.44. The van der Waals surface area contributed by atoms with E-state index >= 15 is 0 Å². The van der Waals surface area contributed by atoms with Crippen LogP contribution in [-0.4, -0.2) is 93.4 Å². The summed E-state index contributed by atoms with van der Waals surface area (Å²) in [6.07, 6.45) is -0.765. The molecule has 0 saturated carbocycles. The third kappa shape index (κ3) is 12.6. The number of carbonyl (C=O) groups is 5. The van der Waals surface area contributed by atoms with Gasteiger partial charge in [-0.1, -0.05) is 12.1 Å². The summed E-state index contributed by atoms with van der Waals surface area (Å²) in [6, 6.07) is 0.366. The molecular formula is C23H35N7O9. The van der Waals surface area contributed by atoms with E-state index in [1.807, 2.05) is 0 Å². The van der Waals surface area contributed by atoms with Crippen molar-refractivity contribution < 1.29 is 44.4 Å². The van der Waals surface area contributed by atoms with Crippen LogP contribution in [0.5, 0.6) is 5.75 Å². The maximum atomic E-state index is 12.8.